The maximum atomic E-state index is 6.79. The van der Waals surface area contributed by atoms with Gasteiger partial charge in [-0.05, 0) is 95.1 Å². The van der Waals surface area contributed by atoms with Crippen molar-refractivity contribution in [1.29, 1.82) is 0 Å². The van der Waals surface area contributed by atoms with Crippen LogP contribution < -0.4 is 0 Å². The van der Waals surface area contributed by atoms with Gasteiger partial charge in [-0.1, -0.05) is 60.7 Å². The maximum Gasteiger partial charge on any atom is 0.137 e. The van der Waals surface area contributed by atoms with Gasteiger partial charge in [-0.2, -0.15) is 0 Å². The van der Waals surface area contributed by atoms with Gasteiger partial charge in [-0.25, -0.2) is 9.97 Å². The standard InChI is InChI=1S/C42H27N5O/c1-3-7-27(8-4-1)39-31-11-12-32(45-31)40(28-9-5-2-6-10-28)34-14-16-36(47-34)42(30-21-25-44-26-22-30)38-18-17-37(48-38)41(29-19-23-43-24-20-29)35-15-13-33(39)46-35/h1-26,45H. The van der Waals surface area contributed by atoms with Crippen LogP contribution in [0.25, 0.3) is 91.0 Å². The first-order chi connectivity index (χ1) is 23.8. The second-order valence-corrected chi connectivity index (χ2v) is 11.6. The summed E-state index contributed by atoms with van der Waals surface area (Å²) in [5.41, 5.74) is 14.5. The Bertz CT molecular complexity index is 2180. The molecule has 0 atom stereocenters. The summed E-state index contributed by atoms with van der Waals surface area (Å²) in [5, 5.41) is 0. The van der Waals surface area contributed by atoms with E-state index in [-0.39, 0.29) is 0 Å². The van der Waals surface area contributed by atoms with Crippen molar-refractivity contribution in [3.8, 4) is 44.5 Å². The molecule has 7 heterocycles. The minimum absolute atomic E-state index is 0.700. The molecule has 2 aliphatic rings. The Morgan fingerprint density at radius 2 is 0.750 bits per heavy atom. The maximum absolute atomic E-state index is 6.79. The van der Waals surface area contributed by atoms with Crippen LogP contribution in [0.3, 0.4) is 0 Å². The first-order valence-corrected chi connectivity index (χ1v) is 15.8. The summed E-state index contributed by atoms with van der Waals surface area (Å²) in [6.07, 6.45) is 15.5. The Morgan fingerprint density at radius 3 is 1.17 bits per heavy atom. The number of hydrogen-bond donors (Lipinski definition) is 1. The summed E-state index contributed by atoms with van der Waals surface area (Å²) in [5.74, 6) is 0. The average Bonchev–Trinajstić information content (AvgIpc) is 3.98. The molecular weight excluding hydrogens is 590 g/mol. The van der Waals surface area contributed by atoms with Crippen LogP contribution in [0.1, 0.15) is 22.8 Å². The lowest BCUT2D eigenvalue weighted by molar-refractivity contribution is 0.667. The van der Waals surface area contributed by atoms with Crippen LogP contribution in [0.5, 0.6) is 0 Å². The summed E-state index contributed by atoms with van der Waals surface area (Å²) < 4.78 is 6.79. The lowest BCUT2D eigenvalue weighted by Crippen LogP contribution is -1.89. The molecule has 0 amide bonds. The molecule has 5 aromatic heterocycles. The van der Waals surface area contributed by atoms with Crippen LogP contribution in [-0.4, -0.2) is 24.9 Å². The van der Waals surface area contributed by atoms with Gasteiger partial charge in [0.1, 0.15) is 11.2 Å². The number of nitrogens with zero attached hydrogens (tertiary/aromatic N) is 4. The number of hydrogen-bond acceptors (Lipinski definition) is 5. The number of nitrogens with one attached hydrogen (secondary N) is 1. The smallest absolute Gasteiger partial charge is 0.137 e. The highest BCUT2D eigenvalue weighted by molar-refractivity contribution is 5.98. The van der Waals surface area contributed by atoms with E-state index < -0.39 is 0 Å². The number of aromatic amines is 1. The highest BCUT2D eigenvalue weighted by Crippen LogP contribution is 2.39. The molecule has 0 radical (unpaired) electrons. The predicted molar refractivity (Wildman–Crippen MR) is 194 cm³/mol. The van der Waals surface area contributed by atoms with Gasteiger partial charge >= 0.3 is 0 Å². The van der Waals surface area contributed by atoms with Gasteiger partial charge in [-0.15, -0.1) is 0 Å². The van der Waals surface area contributed by atoms with Gasteiger partial charge in [0.15, 0.2) is 0 Å². The molecule has 7 aromatic rings. The van der Waals surface area contributed by atoms with E-state index in [2.05, 4.69) is 99.9 Å². The lowest BCUT2D eigenvalue weighted by atomic mass is 10.0. The van der Waals surface area contributed by atoms with E-state index in [1.54, 1.807) is 24.8 Å². The van der Waals surface area contributed by atoms with E-state index in [1.807, 2.05) is 48.5 Å². The molecule has 0 saturated carbocycles. The fourth-order valence-electron chi connectivity index (χ4n) is 6.54. The number of benzene rings is 2. The molecule has 0 unspecified atom stereocenters. The van der Waals surface area contributed by atoms with Crippen molar-refractivity contribution >= 4 is 46.5 Å². The molecule has 1 N–H and O–H groups in total. The molecule has 226 valence electrons. The fraction of sp³-hybridized carbons (Fsp3) is 0. The molecule has 0 saturated heterocycles. The Hall–Kier alpha value is -6.66. The predicted octanol–water partition coefficient (Wildman–Crippen LogP) is 10.4. The number of rotatable bonds is 4. The van der Waals surface area contributed by atoms with Crippen molar-refractivity contribution in [1.82, 2.24) is 24.9 Å². The van der Waals surface area contributed by atoms with E-state index in [4.69, 9.17) is 14.4 Å². The van der Waals surface area contributed by atoms with Crippen molar-refractivity contribution in [3.05, 3.63) is 157 Å². The summed E-state index contributed by atoms with van der Waals surface area (Å²) in [6.45, 7) is 0. The Labute approximate surface area is 276 Å². The van der Waals surface area contributed by atoms with Crippen LogP contribution in [0.4, 0.5) is 0 Å². The van der Waals surface area contributed by atoms with Crippen LogP contribution in [0.2, 0.25) is 0 Å². The van der Waals surface area contributed by atoms with Crippen molar-refractivity contribution in [2.45, 2.75) is 0 Å². The fourth-order valence-corrected chi connectivity index (χ4v) is 6.54. The third-order valence-electron chi connectivity index (χ3n) is 8.69. The summed E-state index contributed by atoms with van der Waals surface area (Å²) in [4.78, 5) is 22.9. The van der Waals surface area contributed by atoms with Crippen molar-refractivity contribution in [2.75, 3.05) is 0 Å². The Balaban J connectivity index is 1.49. The molecule has 6 heteroatoms. The van der Waals surface area contributed by atoms with E-state index in [9.17, 15) is 0 Å². The Kier molecular flexibility index (Phi) is 6.68. The van der Waals surface area contributed by atoms with Gasteiger partial charge in [0, 0.05) is 46.9 Å². The molecule has 2 aromatic carbocycles. The second kappa shape index (κ2) is 11.6. The first-order valence-electron chi connectivity index (χ1n) is 15.8. The third-order valence-corrected chi connectivity index (χ3v) is 8.69. The van der Waals surface area contributed by atoms with E-state index >= 15 is 0 Å². The van der Waals surface area contributed by atoms with Gasteiger partial charge in [0.25, 0.3) is 0 Å². The molecule has 6 nitrogen and oxygen atoms in total. The average molecular weight is 618 g/mol. The summed E-state index contributed by atoms with van der Waals surface area (Å²) in [6, 6.07) is 37.0. The molecule has 0 fully saturated rings. The molecule has 8 bridgehead atoms. The number of furan rings is 1. The van der Waals surface area contributed by atoms with Crippen LogP contribution >= 0.6 is 0 Å². The zero-order valence-corrected chi connectivity index (χ0v) is 25.7. The molecular formula is C42H27N5O. The number of pyridine rings is 2. The Morgan fingerprint density at radius 1 is 0.375 bits per heavy atom. The van der Waals surface area contributed by atoms with Gasteiger partial charge in [0.05, 0.1) is 33.9 Å². The SMILES string of the molecule is C1=Cc2nc1c(-c1ccccc1)c1ccc([nH]1)c(-c1ccccc1)c1nc(c(-c3ccncc3)c3ccc(o3)c2-c2ccncc2)C=C1. The normalized spacial score (nSPS) is 12.0. The van der Waals surface area contributed by atoms with Crippen LogP contribution in [0, 0.1) is 0 Å². The summed E-state index contributed by atoms with van der Waals surface area (Å²) >= 11 is 0. The van der Waals surface area contributed by atoms with Crippen molar-refractivity contribution in [3.63, 3.8) is 0 Å². The number of fused-ring (bicyclic) bond motifs is 8. The third kappa shape index (κ3) is 4.84. The minimum atomic E-state index is 0.700. The zero-order chi connectivity index (χ0) is 31.9. The van der Waals surface area contributed by atoms with Crippen LogP contribution in [-0.2, 0) is 0 Å². The molecule has 48 heavy (non-hydrogen) atoms. The van der Waals surface area contributed by atoms with Gasteiger partial charge in [-0.3, -0.25) is 9.97 Å². The summed E-state index contributed by atoms with van der Waals surface area (Å²) in [7, 11) is 0. The highest BCUT2D eigenvalue weighted by Gasteiger charge is 2.19. The number of H-pyrrole nitrogens is 1. The van der Waals surface area contributed by atoms with E-state index in [0.717, 1.165) is 78.3 Å². The molecule has 0 spiro atoms. The van der Waals surface area contributed by atoms with Crippen LogP contribution in [0.15, 0.2) is 138 Å². The lowest BCUT2D eigenvalue weighted by Gasteiger charge is -2.06. The molecule has 0 aliphatic carbocycles. The van der Waals surface area contributed by atoms with Crippen molar-refractivity contribution in [2.24, 2.45) is 0 Å². The second-order valence-electron chi connectivity index (χ2n) is 11.6. The number of aromatic nitrogens is 5. The quantitative estimate of drug-likeness (QED) is 0.213. The zero-order valence-electron chi connectivity index (χ0n) is 25.7. The largest absolute Gasteiger partial charge is 0.456 e. The molecule has 9 rings (SSSR count). The topological polar surface area (TPSA) is 80.5 Å². The monoisotopic (exact) mass is 617 g/mol. The van der Waals surface area contributed by atoms with E-state index in [0.29, 0.717) is 11.2 Å². The highest BCUT2D eigenvalue weighted by atomic mass is 16.3. The van der Waals surface area contributed by atoms with Gasteiger partial charge in [0.2, 0.25) is 0 Å². The van der Waals surface area contributed by atoms with Crippen molar-refractivity contribution < 1.29 is 4.42 Å². The molecule has 2 aliphatic heterocycles. The van der Waals surface area contributed by atoms with E-state index in [1.165, 1.54) is 0 Å². The van der Waals surface area contributed by atoms with Gasteiger partial charge < -0.3 is 9.40 Å². The first kappa shape index (κ1) is 27.6. The minimum Gasteiger partial charge on any atom is -0.456 e.